The zero-order chi connectivity index (χ0) is 8.01. The molecule has 2 aliphatic rings. The second kappa shape index (κ2) is 2.44. The summed E-state index contributed by atoms with van der Waals surface area (Å²) in [5.41, 5.74) is 0. The van der Waals surface area contributed by atoms with E-state index < -0.39 is 6.10 Å². The average Bonchev–Trinajstić information content (AvgIpc) is 2.76. The Morgan fingerprint density at radius 3 is 2.64 bits per heavy atom. The molecule has 4 unspecified atom stereocenters. The SMILES string of the molecule is CC[C@H]1OC(C)C(O)C2OC21. The molecule has 0 spiro atoms. The molecule has 0 amide bonds. The van der Waals surface area contributed by atoms with Crippen molar-refractivity contribution in [3.63, 3.8) is 0 Å². The molecule has 1 N–H and O–H groups in total. The van der Waals surface area contributed by atoms with E-state index in [2.05, 4.69) is 6.92 Å². The fourth-order valence-electron chi connectivity index (χ4n) is 1.74. The molecule has 5 atom stereocenters. The Balaban J connectivity index is 2.02. The van der Waals surface area contributed by atoms with Crippen LogP contribution in [0.25, 0.3) is 0 Å². The van der Waals surface area contributed by atoms with Gasteiger partial charge >= 0.3 is 0 Å². The number of aliphatic hydroxyl groups excluding tert-OH is 1. The lowest BCUT2D eigenvalue weighted by atomic mass is 10.0. The van der Waals surface area contributed by atoms with Gasteiger partial charge in [0, 0.05) is 0 Å². The molecule has 0 saturated carbocycles. The summed E-state index contributed by atoms with van der Waals surface area (Å²) in [5.74, 6) is 0. The summed E-state index contributed by atoms with van der Waals surface area (Å²) in [6, 6.07) is 0. The van der Waals surface area contributed by atoms with Gasteiger partial charge in [-0.3, -0.25) is 0 Å². The first kappa shape index (κ1) is 7.53. The smallest absolute Gasteiger partial charge is 0.115 e. The number of ether oxygens (including phenoxy) is 2. The molecule has 3 nitrogen and oxygen atoms in total. The lowest BCUT2D eigenvalue weighted by Crippen LogP contribution is -2.43. The quantitative estimate of drug-likeness (QED) is 0.558. The van der Waals surface area contributed by atoms with Gasteiger partial charge in [0.25, 0.3) is 0 Å². The van der Waals surface area contributed by atoms with E-state index in [0.717, 1.165) is 6.42 Å². The Morgan fingerprint density at radius 1 is 1.27 bits per heavy atom. The lowest BCUT2D eigenvalue weighted by Gasteiger charge is -2.27. The second-order valence-corrected chi connectivity index (χ2v) is 3.34. The summed E-state index contributed by atoms with van der Waals surface area (Å²) in [6.45, 7) is 3.97. The van der Waals surface area contributed by atoms with E-state index in [4.69, 9.17) is 9.47 Å². The maximum Gasteiger partial charge on any atom is 0.115 e. The van der Waals surface area contributed by atoms with Crippen molar-refractivity contribution in [3.8, 4) is 0 Å². The minimum absolute atomic E-state index is 0.0590. The molecule has 64 valence electrons. The van der Waals surface area contributed by atoms with Crippen LogP contribution in [-0.4, -0.2) is 35.6 Å². The highest BCUT2D eigenvalue weighted by atomic mass is 16.7. The molecule has 2 saturated heterocycles. The summed E-state index contributed by atoms with van der Waals surface area (Å²) in [5, 5.41) is 9.45. The largest absolute Gasteiger partial charge is 0.388 e. The van der Waals surface area contributed by atoms with Gasteiger partial charge < -0.3 is 14.6 Å². The Kier molecular flexibility index (Phi) is 1.67. The Hall–Kier alpha value is -0.120. The van der Waals surface area contributed by atoms with Crippen LogP contribution in [0.3, 0.4) is 0 Å². The van der Waals surface area contributed by atoms with Crippen LogP contribution in [0, 0.1) is 0 Å². The fraction of sp³-hybridized carbons (Fsp3) is 1.00. The Bertz CT molecular complexity index is 155. The third-order valence-electron chi connectivity index (χ3n) is 2.54. The normalized spacial score (nSPS) is 55.4. The van der Waals surface area contributed by atoms with Gasteiger partial charge in [-0.2, -0.15) is 0 Å². The summed E-state index contributed by atoms with van der Waals surface area (Å²) in [6.07, 6.45) is 0.929. The van der Waals surface area contributed by atoms with Crippen LogP contribution in [0.15, 0.2) is 0 Å². The summed E-state index contributed by atoms with van der Waals surface area (Å²) in [7, 11) is 0. The number of hydrogen-bond acceptors (Lipinski definition) is 3. The molecule has 2 rings (SSSR count). The minimum atomic E-state index is -0.414. The fourth-order valence-corrected chi connectivity index (χ4v) is 1.74. The third-order valence-corrected chi connectivity index (χ3v) is 2.54. The first-order valence-corrected chi connectivity index (χ1v) is 4.23. The summed E-state index contributed by atoms with van der Waals surface area (Å²) in [4.78, 5) is 0. The van der Waals surface area contributed by atoms with E-state index in [1.807, 2.05) is 6.92 Å². The lowest BCUT2D eigenvalue weighted by molar-refractivity contribution is -0.0911. The zero-order valence-electron chi connectivity index (χ0n) is 6.86. The van der Waals surface area contributed by atoms with Gasteiger partial charge in [0.15, 0.2) is 0 Å². The van der Waals surface area contributed by atoms with E-state index in [-0.39, 0.29) is 24.4 Å². The van der Waals surface area contributed by atoms with Crippen LogP contribution >= 0.6 is 0 Å². The first-order chi connectivity index (χ1) is 5.24. The van der Waals surface area contributed by atoms with Crippen molar-refractivity contribution >= 4 is 0 Å². The van der Waals surface area contributed by atoms with Gasteiger partial charge in [-0.1, -0.05) is 6.92 Å². The van der Waals surface area contributed by atoms with E-state index in [0.29, 0.717) is 0 Å². The van der Waals surface area contributed by atoms with Crippen LogP contribution in [0.5, 0.6) is 0 Å². The Labute approximate surface area is 66.3 Å². The van der Waals surface area contributed by atoms with Gasteiger partial charge in [0.1, 0.15) is 18.3 Å². The van der Waals surface area contributed by atoms with Crippen molar-refractivity contribution in [2.24, 2.45) is 0 Å². The molecule has 0 radical (unpaired) electrons. The number of rotatable bonds is 1. The third kappa shape index (κ3) is 1.08. The highest BCUT2D eigenvalue weighted by molar-refractivity contribution is 5.01. The number of epoxide rings is 1. The molecule has 2 fully saturated rings. The molecule has 0 aromatic carbocycles. The standard InChI is InChI=1S/C8H14O3/c1-3-5-7-8(11-7)6(9)4(2)10-5/h4-9H,3H2,1-2H3/t4?,5-,6?,7?,8?/m1/s1. The monoisotopic (exact) mass is 158 g/mol. The maximum atomic E-state index is 9.45. The predicted molar refractivity (Wildman–Crippen MR) is 39.3 cm³/mol. The predicted octanol–water partition coefficient (Wildman–Crippen LogP) is 0.312. The molecule has 11 heavy (non-hydrogen) atoms. The van der Waals surface area contributed by atoms with E-state index in [1.54, 1.807) is 0 Å². The molecule has 0 aromatic rings. The summed E-state index contributed by atoms with van der Waals surface area (Å²) < 4.78 is 10.8. The van der Waals surface area contributed by atoms with Gasteiger partial charge in [-0.25, -0.2) is 0 Å². The molecule has 0 aromatic heterocycles. The molecule has 2 heterocycles. The topological polar surface area (TPSA) is 42.0 Å². The van der Waals surface area contributed by atoms with E-state index in [1.165, 1.54) is 0 Å². The van der Waals surface area contributed by atoms with Gasteiger partial charge in [0.2, 0.25) is 0 Å². The number of aliphatic hydroxyl groups is 1. The van der Waals surface area contributed by atoms with Crippen LogP contribution < -0.4 is 0 Å². The van der Waals surface area contributed by atoms with Crippen molar-refractivity contribution in [2.45, 2.75) is 50.8 Å². The maximum absolute atomic E-state index is 9.45. The highest BCUT2D eigenvalue weighted by Crippen LogP contribution is 2.38. The van der Waals surface area contributed by atoms with Crippen molar-refractivity contribution in [2.75, 3.05) is 0 Å². The Morgan fingerprint density at radius 2 is 2.00 bits per heavy atom. The molecule has 2 aliphatic heterocycles. The van der Waals surface area contributed by atoms with Crippen LogP contribution in [0.4, 0.5) is 0 Å². The van der Waals surface area contributed by atoms with Crippen LogP contribution in [-0.2, 0) is 9.47 Å². The molecular weight excluding hydrogens is 144 g/mol. The molecular formula is C8H14O3. The zero-order valence-corrected chi connectivity index (χ0v) is 6.86. The first-order valence-electron chi connectivity index (χ1n) is 4.23. The molecule has 0 bridgehead atoms. The minimum Gasteiger partial charge on any atom is -0.388 e. The second-order valence-electron chi connectivity index (χ2n) is 3.34. The van der Waals surface area contributed by atoms with Crippen molar-refractivity contribution in [3.05, 3.63) is 0 Å². The van der Waals surface area contributed by atoms with Gasteiger partial charge in [-0.05, 0) is 13.3 Å². The molecule has 0 aliphatic carbocycles. The van der Waals surface area contributed by atoms with E-state index >= 15 is 0 Å². The summed E-state index contributed by atoms with van der Waals surface area (Å²) >= 11 is 0. The average molecular weight is 158 g/mol. The van der Waals surface area contributed by atoms with Crippen LogP contribution in [0.1, 0.15) is 20.3 Å². The van der Waals surface area contributed by atoms with Crippen molar-refractivity contribution in [1.29, 1.82) is 0 Å². The van der Waals surface area contributed by atoms with Crippen molar-refractivity contribution in [1.82, 2.24) is 0 Å². The molecule has 3 heteroatoms. The van der Waals surface area contributed by atoms with Crippen LogP contribution in [0.2, 0.25) is 0 Å². The number of hydrogen-bond donors (Lipinski definition) is 1. The highest BCUT2D eigenvalue weighted by Gasteiger charge is 2.55. The van der Waals surface area contributed by atoms with Gasteiger partial charge in [0.05, 0.1) is 12.2 Å². The van der Waals surface area contributed by atoms with Crippen molar-refractivity contribution < 1.29 is 14.6 Å². The number of fused-ring (bicyclic) bond motifs is 1. The van der Waals surface area contributed by atoms with E-state index in [9.17, 15) is 5.11 Å². The van der Waals surface area contributed by atoms with Gasteiger partial charge in [-0.15, -0.1) is 0 Å².